The minimum Gasteiger partial charge on any atom is -0.486 e. The van der Waals surface area contributed by atoms with Crippen LogP contribution < -0.4 is 14.8 Å². The van der Waals surface area contributed by atoms with E-state index >= 15 is 0 Å². The molecule has 0 unspecified atom stereocenters. The minimum atomic E-state index is -0.768. The van der Waals surface area contributed by atoms with Gasteiger partial charge in [0.05, 0.1) is 12.0 Å². The largest absolute Gasteiger partial charge is 0.486 e. The molecule has 6 nitrogen and oxygen atoms in total. The molecule has 1 heterocycles. The number of rotatable bonds is 6. The van der Waals surface area contributed by atoms with Gasteiger partial charge in [0.1, 0.15) is 19.0 Å². The summed E-state index contributed by atoms with van der Waals surface area (Å²) in [5.74, 6) is 0.474. The van der Waals surface area contributed by atoms with Crippen LogP contribution >= 0.6 is 0 Å². The van der Waals surface area contributed by atoms with Crippen molar-refractivity contribution in [2.24, 2.45) is 0 Å². The Morgan fingerprint density at radius 1 is 1.06 bits per heavy atom. The lowest BCUT2D eigenvalue weighted by molar-refractivity contribution is -0.139. The molecule has 2 aliphatic rings. The zero-order chi connectivity index (χ0) is 21.8. The third-order valence-electron chi connectivity index (χ3n) is 6.07. The molecule has 0 aromatic heterocycles. The van der Waals surface area contributed by atoms with Gasteiger partial charge in [0.15, 0.2) is 11.5 Å². The highest BCUT2D eigenvalue weighted by Gasteiger charge is 2.45. The van der Waals surface area contributed by atoms with Crippen LogP contribution in [0.5, 0.6) is 11.5 Å². The zero-order valence-corrected chi connectivity index (χ0v) is 17.7. The van der Waals surface area contributed by atoms with E-state index in [4.69, 9.17) is 9.47 Å². The highest BCUT2D eigenvalue weighted by Crippen LogP contribution is 2.43. The van der Waals surface area contributed by atoms with Gasteiger partial charge in [-0.3, -0.25) is 9.59 Å². The first-order valence-corrected chi connectivity index (χ1v) is 10.8. The van der Waals surface area contributed by atoms with E-state index in [-0.39, 0.29) is 24.2 Å². The van der Waals surface area contributed by atoms with E-state index in [0.717, 1.165) is 12.8 Å². The number of amides is 2. The van der Waals surface area contributed by atoms with Crippen molar-refractivity contribution >= 4 is 17.5 Å². The average Bonchev–Trinajstić information content (AvgIpc) is 3.28. The first kappa shape index (κ1) is 21.2. The molecule has 0 atom stereocenters. The fourth-order valence-corrected chi connectivity index (χ4v) is 4.52. The van der Waals surface area contributed by atoms with Crippen LogP contribution in [0.1, 0.15) is 38.2 Å². The molecule has 1 saturated carbocycles. The summed E-state index contributed by atoms with van der Waals surface area (Å²) in [5, 5.41) is 2.84. The molecule has 1 aliphatic carbocycles. The molecule has 0 radical (unpaired) electrons. The minimum absolute atomic E-state index is 0.0686. The Hall–Kier alpha value is -3.09. The molecule has 2 amide bonds. The van der Waals surface area contributed by atoms with Gasteiger partial charge in [-0.15, -0.1) is 0 Å². The Bertz CT molecular complexity index is 972. The number of fused-ring (bicyclic) bond motifs is 1. The van der Waals surface area contributed by atoms with Crippen molar-refractivity contribution in [2.45, 2.75) is 38.0 Å². The SMILES string of the molecule is CCN(CC(=O)Nc1ccc2c(c1)OCCO2)C(=O)C1(c2cccc(F)c2)CCCC1. The Morgan fingerprint density at radius 3 is 2.52 bits per heavy atom. The Kier molecular flexibility index (Phi) is 6.11. The lowest BCUT2D eigenvalue weighted by atomic mass is 9.77. The van der Waals surface area contributed by atoms with Crippen molar-refractivity contribution in [3.05, 3.63) is 53.8 Å². The van der Waals surface area contributed by atoms with Crippen molar-refractivity contribution in [3.8, 4) is 11.5 Å². The molecule has 4 rings (SSSR count). The van der Waals surface area contributed by atoms with Crippen LogP contribution in [0.2, 0.25) is 0 Å². The fraction of sp³-hybridized carbons (Fsp3) is 0.417. The van der Waals surface area contributed by atoms with Crippen LogP contribution in [0.25, 0.3) is 0 Å². The summed E-state index contributed by atoms with van der Waals surface area (Å²) in [6.07, 6.45) is 3.14. The molecule has 2 aromatic rings. The monoisotopic (exact) mass is 426 g/mol. The summed E-state index contributed by atoms with van der Waals surface area (Å²) >= 11 is 0. The molecule has 31 heavy (non-hydrogen) atoms. The van der Waals surface area contributed by atoms with E-state index in [2.05, 4.69) is 5.32 Å². The van der Waals surface area contributed by atoms with E-state index in [1.54, 1.807) is 29.2 Å². The van der Waals surface area contributed by atoms with Gasteiger partial charge in [-0.1, -0.05) is 25.0 Å². The Labute approximate surface area is 181 Å². The summed E-state index contributed by atoms with van der Waals surface area (Å²) in [5.41, 5.74) is 0.509. The number of ether oxygens (including phenoxy) is 2. The maximum absolute atomic E-state index is 13.9. The van der Waals surface area contributed by atoms with Gasteiger partial charge >= 0.3 is 0 Å². The Balaban J connectivity index is 1.48. The highest BCUT2D eigenvalue weighted by atomic mass is 19.1. The van der Waals surface area contributed by atoms with Crippen LogP contribution in [-0.4, -0.2) is 43.0 Å². The van der Waals surface area contributed by atoms with Gasteiger partial charge in [-0.25, -0.2) is 4.39 Å². The lowest BCUT2D eigenvalue weighted by Crippen LogP contribution is -2.48. The number of hydrogen-bond donors (Lipinski definition) is 1. The van der Waals surface area contributed by atoms with Crippen molar-refractivity contribution in [1.82, 2.24) is 4.90 Å². The van der Waals surface area contributed by atoms with Gasteiger partial charge in [0, 0.05) is 18.3 Å². The summed E-state index contributed by atoms with van der Waals surface area (Å²) in [7, 11) is 0. The summed E-state index contributed by atoms with van der Waals surface area (Å²) in [6.45, 7) is 3.14. The van der Waals surface area contributed by atoms with Crippen LogP contribution in [0, 0.1) is 5.82 Å². The number of carbonyl (C=O) groups excluding carboxylic acids is 2. The normalized spacial score (nSPS) is 16.6. The quantitative estimate of drug-likeness (QED) is 0.761. The molecule has 1 aliphatic heterocycles. The number of likely N-dealkylation sites (N-methyl/N-ethyl adjacent to an activating group) is 1. The standard InChI is InChI=1S/C24H27FN2O4/c1-2-27(16-22(28)26-19-8-9-20-21(15-19)31-13-12-30-20)23(29)24(10-3-4-11-24)17-6-5-7-18(25)14-17/h5-9,14-15H,2-4,10-13,16H2,1H3,(H,26,28). The van der Waals surface area contributed by atoms with Crippen LogP contribution in [0.3, 0.4) is 0 Å². The first-order chi connectivity index (χ1) is 15.0. The summed E-state index contributed by atoms with van der Waals surface area (Å²) in [4.78, 5) is 27.9. The molecular formula is C24H27FN2O4. The molecular weight excluding hydrogens is 399 g/mol. The van der Waals surface area contributed by atoms with E-state index in [1.165, 1.54) is 12.1 Å². The van der Waals surface area contributed by atoms with E-state index in [9.17, 15) is 14.0 Å². The van der Waals surface area contributed by atoms with Crippen LogP contribution in [-0.2, 0) is 15.0 Å². The molecule has 1 N–H and O–H groups in total. The third kappa shape index (κ3) is 4.36. The number of hydrogen-bond acceptors (Lipinski definition) is 4. The topological polar surface area (TPSA) is 67.9 Å². The van der Waals surface area contributed by atoms with Crippen LogP contribution in [0.15, 0.2) is 42.5 Å². The molecule has 164 valence electrons. The lowest BCUT2D eigenvalue weighted by Gasteiger charge is -2.34. The number of anilines is 1. The highest BCUT2D eigenvalue weighted by molar-refractivity contribution is 5.97. The van der Waals surface area contributed by atoms with Crippen molar-refractivity contribution in [2.75, 3.05) is 31.6 Å². The zero-order valence-electron chi connectivity index (χ0n) is 17.7. The Morgan fingerprint density at radius 2 is 1.81 bits per heavy atom. The second-order valence-electron chi connectivity index (χ2n) is 8.03. The van der Waals surface area contributed by atoms with Gasteiger partial charge in [-0.2, -0.15) is 0 Å². The number of benzene rings is 2. The van der Waals surface area contributed by atoms with Gasteiger partial charge < -0.3 is 19.7 Å². The molecule has 2 aromatic carbocycles. The second-order valence-corrected chi connectivity index (χ2v) is 8.03. The number of carbonyl (C=O) groups is 2. The average molecular weight is 426 g/mol. The first-order valence-electron chi connectivity index (χ1n) is 10.8. The molecule has 0 spiro atoms. The van der Waals surface area contributed by atoms with Crippen LogP contribution in [0.4, 0.5) is 10.1 Å². The molecule has 0 bridgehead atoms. The second kappa shape index (κ2) is 8.96. The fourth-order valence-electron chi connectivity index (χ4n) is 4.52. The maximum Gasteiger partial charge on any atom is 0.243 e. The molecule has 7 heteroatoms. The summed E-state index contributed by atoms with van der Waals surface area (Å²) < 4.78 is 25.0. The predicted octanol–water partition coefficient (Wildman–Crippen LogP) is 3.90. The number of halogens is 1. The number of nitrogens with one attached hydrogen (secondary N) is 1. The van der Waals surface area contributed by atoms with E-state index in [1.807, 2.05) is 13.0 Å². The smallest absolute Gasteiger partial charge is 0.243 e. The van der Waals surface area contributed by atoms with Crippen molar-refractivity contribution in [3.63, 3.8) is 0 Å². The van der Waals surface area contributed by atoms with E-state index < -0.39 is 5.41 Å². The summed E-state index contributed by atoms with van der Waals surface area (Å²) in [6, 6.07) is 11.5. The van der Waals surface area contributed by atoms with Crippen molar-refractivity contribution in [1.29, 1.82) is 0 Å². The predicted molar refractivity (Wildman–Crippen MR) is 115 cm³/mol. The van der Waals surface area contributed by atoms with Gasteiger partial charge in [0.2, 0.25) is 11.8 Å². The van der Waals surface area contributed by atoms with Gasteiger partial charge in [0.25, 0.3) is 0 Å². The third-order valence-corrected chi connectivity index (χ3v) is 6.07. The number of nitrogens with zero attached hydrogens (tertiary/aromatic N) is 1. The van der Waals surface area contributed by atoms with Gasteiger partial charge in [-0.05, 0) is 49.6 Å². The van der Waals surface area contributed by atoms with E-state index in [0.29, 0.717) is 55.4 Å². The maximum atomic E-state index is 13.9. The molecule has 1 fully saturated rings. The molecule has 0 saturated heterocycles. The van der Waals surface area contributed by atoms with Crippen molar-refractivity contribution < 1.29 is 23.5 Å².